The fourth-order valence-corrected chi connectivity index (χ4v) is 1.34. The van der Waals surface area contributed by atoms with Crippen LogP contribution in [0, 0.1) is 0 Å². The van der Waals surface area contributed by atoms with E-state index in [4.69, 9.17) is 5.73 Å². The van der Waals surface area contributed by atoms with Crippen LogP contribution in [-0.2, 0) is 4.79 Å². The molecule has 0 spiro atoms. The first-order valence-electron chi connectivity index (χ1n) is 4.58. The molecular formula is C10H16N2O. The van der Waals surface area contributed by atoms with Crippen molar-refractivity contribution in [3.8, 4) is 0 Å². The molecule has 1 rings (SSSR count). The predicted molar refractivity (Wildman–Crippen MR) is 53.1 cm³/mol. The van der Waals surface area contributed by atoms with Crippen molar-refractivity contribution in [2.75, 3.05) is 13.1 Å². The third kappa shape index (κ3) is 3.03. The van der Waals surface area contributed by atoms with E-state index in [-0.39, 0.29) is 11.9 Å². The third-order valence-corrected chi connectivity index (χ3v) is 2.08. The highest BCUT2D eigenvalue weighted by atomic mass is 16.2. The van der Waals surface area contributed by atoms with Crippen LogP contribution < -0.4 is 5.73 Å². The van der Waals surface area contributed by atoms with Gasteiger partial charge in [0.1, 0.15) is 0 Å². The zero-order valence-corrected chi connectivity index (χ0v) is 7.94. The number of nitrogens with zero attached hydrogens (tertiary/aromatic N) is 1. The van der Waals surface area contributed by atoms with Gasteiger partial charge in [0.05, 0.1) is 0 Å². The quantitative estimate of drug-likeness (QED) is 0.501. The molecule has 1 atom stereocenters. The normalized spacial score (nSPS) is 23.5. The minimum absolute atomic E-state index is 0.0612. The lowest BCUT2D eigenvalue weighted by atomic mass is 10.3. The number of rotatable bonds is 2. The highest BCUT2D eigenvalue weighted by molar-refractivity contribution is 5.88. The maximum atomic E-state index is 11.4. The van der Waals surface area contributed by atoms with Gasteiger partial charge in [0.15, 0.2) is 0 Å². The number of nitrogens with two attached hydrogens (primary N) is 1. The van der Waals surface area contributed by atoms with Gasteiger partial charge in [-0.05, 0) is 13.3 Å². The van der Waals surface area contributed by atoms with Gasteiger partial charge < -0.3 is 10.6 Å². The standard InChI is InChI=1S/C10H16N2O/c1-2-3-4-5-10(13)12-7-6-9(11)8-12/h2-5,9H,6-8,11H2,1H3/b3-2+,5-4+. The van der Waals surface area contributed by atoms with Gasteiger partial charge in [-0.25, -0.2) is 0 Å². The van der Waals surface area contributed by atoms with Crippen molar-refractivity contribution in [2.45, 2.75) is 19.4 Å². The lowest BCUT2D eigenvalue weighted by Gasteiger charge is -2.12. The predicted octanol–water partition coefficient (Wildman–Crippen LogP) is 0.678. The zero-order chi connectivity index (χ0) is 9.68. The van der Waals surface area contributed by atoms with Gasteiger partial charge in [0.25, 0.3) is 0 Å². The van der Waals surface area contributed by atoms with Crippen LogP contribution in [0.4, 0.5) is 0 Å². The summed E-state index contributed by atoms with van der Waals surface area (Å²) in [7, 11) is 0. The Kier molecular flexibility index (Phi) is 3.71. The highest BCUT2D eigenvalue weighted by Gasteiger charge is 2.21. The van der Waals surface area contributed by atoms with E-state index in [1.54, 1.807) is 17.1 Å². The summed E-state index contributed by atoms with van der Waals surface area (Å²) in [5.41, 5.74) is 5.69. The minimum Gasteiger partial charge on any atom is -0.338 e. The van der Waals surface area contributed by atoms with E-state index >= 15 is 0 Å². The van der Waals surface area contributed by atoms with Gasteiger partial charge in [-0.3, -0.25) is 4.79 Å². The zero-order valence-electron chi connectivity index (χ0n) is 7.94. The molecular weight excluding hydrogens is 164 g/mol. The van der Waals surface area contributed by atoms with Gasteiger partial charge in [0, 0.05) is 25.2 Å². The van der Waals surface area contributed by atoms with Crippen LogP contribution in [0.3, 0.4) is 0 Å². The third-order valence-electron chi connectivity index (χ3n) is 2.08. The number of allylic oxidation sites excluding steroid dienone is 3. The summed E-state index contributed by atoms with van der Waals surface area (Å²) in [5, 5.41) is 0. The number of carbonyl (C=O) groups excluding carboxylic acids is 1. The van der Waals surface area contributed by atoms with Gasteiger partial charge in [-0.15, -0.1) is 0 Å². The van der Waals surface area contributed by atoms with Crippen LogP contribution in [0.5, 0.6) is 0 Å². The van der Waals surface area contributed by atoms with E-state index in [0.717, 1.165) is 13.0 Å². The molecule has 0 bridgehead atoms. The van der Waals surface area contributed by atoms with Crippen molar-refractivity contribution < 1.29 is 4.79 Å². The molecule has 1 heterocycles. The van der Waals surface area contributed by atoms with Crippen LogP contribution in [0.2, 0.25) is 0 Å². The first kappa shape index (κ1) is 9.99. The smallest absolute Gasteiger partial charge is 0.246 e. The van der Waals surface area contributed by atoms with Gasteiger partial charge in [-0.2, -0.15) is 0 Å². The topological polar surface area (TPSA) is 46.3 Å². The average Bonchev–Trinajstić information content (AvgIpc) is 2.52. The largest absolute Gasteiger partial charge is 0.338 e. The number of carbonyl (C=O) groups is 1. The second-order valence-corrected chi connectivity index (χ2v) is 3.22. The summed E-state index contributed by atoms with van der Waals surface area (Å²) >= 11 is 0. The van der Waals surface area contributed by atoms with Gasteiger partial charge in [0.2, 0.25) is 5.91 Å². The van der Waals surface area contributed by atoms with Crippen molar-refractivity contribution in [3.63, 3.8) is 0 Å². The van der Waals surface area contributed by atoms with E-state index in [1.165, 1.54) is 0 Å². The molecule has 0 radical (unpaired) electrons. The Labute approximate surface area is 78.9 Å². The van der Waals surface area contributed by atoms with Crippen molar-refractivity contribution in [1.82, 2.24) is 4.90 Å². The minimum atomic E-state index is 0.0612. The van der Waals surface area contributed by atoms with Crippen LogP contribution in [-0.4, -0.2) is 29.9 Å². The van der Waals surface area contributed by atoms with Crippen molar-refractivity contribution in [3.05, 3.63) is 24.3 Å². The van der Waals surface area contributed by atoms with Gasteiger partial charge >= 0.3 is 0 Å². The Morgan fingerprint density at radius 2 is 2.31 bits per heavy atom. The second kappa shape index (κ2) is 4.82. The first-order valence-corrected chi connectivity index (χ1v) is 4.58. The summed E-state index contributed by atoms with van der Waals surface area (Å²) in [6, 6.07) is 0.166. The molecule has 3 heteroatoms. The molecule has 1 amide bonds. The van der Waals surface area contributed by atoms with Crippen molar-refractivity contribution in [1.29, 1.82) is 0 Å². The Hall–Kier alpha value is -1.09. The summed E-state index contributed by atoms with van der Waals surface area (Å²) in [5.74, 6) is 0.0612. The number of likely N-dealkylation sites (tertiary alicyclic amines) is 1. The number of hydrogen-bond acceptors (Lipinski definition) is 2. The van der Waals surface area contributed by atoms with E-state index in [9.17, 15) is 4.79 Å². The van der Waals surface area contributed by atoms with Crippen LogP contribution in [0.25, 0.3) is 0 Å². The molecule has 0 aromatic carbocycles. The molecule has 0 aromatic rings. The molecule has 0 saturated carbocycles. The van der Waals surface area contributed by atoms with E-state index in [0.29, 0.717) is 6.54 Å². The molecule has 1 fully saturated rings. The summed E-state index contributed by atoms with van der Waals surface area (Å²) < 4.78 is 0. The summed E-state index contributed by atoms with van der Waals surface area (Å²) in [6.45, 7) is 3.40. The number of hydrogen-bond donors (Lipinski definition) is 1. The Bertz CT molecular complexity index is 233. The van der Waals surface area contributed by atoms with E-state index in [2.05, 4.69) is 0 Å². The Balaban J connectivity index is 2.40. The molecule has 13 heavy (non-hydrogen) atoms. The maximum Gasteiger partial charge on any atom is 0.246 e. The van der Waals surface area contributed by atoms with E-state index < -0.39 is 0 Å². The molecule has 1 unspecified atom stereocenters. The van der Waals surface area contributed by atoms with Gasteiger partial charge in [-0.1, -0.05) is 18.2 Å². The highest BCUT2D eigenvalue weighted by Crippen LogP contribution is 2.07. The fourth-order valence-electron chi connectivity index (χ4n) is 1.34. The van der Waals surface area contributed by atoms with Crippen molar-refractivity contribution in [2.24, 2.45) is 5.73 Å². The summed E-state index contributed by atoms with van der Waals surface area (Å²) in [6.07, 6.45) is 7.99. The molecule has 1 saturated heterocycles. The molecule has 1 aliphatic heterocycles. The molecule has 1 aliphatic rings. The SMILES string of the molecule is C/C=C/C=C/C(=O)N1CCC(N)C1. The Morgan fingerprint density at radius 3 is 2.85 bits per heavy atom. The lowest BCUT2D eigenvalue weighted by Crippen LogP contribution is -2.30. The summed E-state index contributed by atoms with van der Waals surface area (Å²) in [4.78, 5) is 13.2. The average molecular weight is 180 g/mol. The van der Waals surface area contributed by atoms with Crippen LogP contribution >= 0.6 is 0 Å². The monoisotopic (exact) mass is 180 g/mol. The van der Waals surface area contributed by atoms with Crippen LogP contribution in [0.1, 0.15) is 13.3 Å². The fraction of sp³-hybridized carbons (Fsp3) is 0.500. The molecule has 3 nitrogen and oxygen atoms in total. The Morgan fingerprint density at radius 1 is 1.54 bits per heavy atom. The molecule has 0 aromatic heterocycles. The molecule has 2 N–H and O–H groups in total. The second-order valence-electron chi connectivity index (χ2n) is 3.22. The van der Waals surface area contributed by atoms with Crippen molar-refractivity contribution >= 4 is 5.91 Å². The lowest BCUT2D eigenvalue weighted by molar-refractivity contribution is -0.125. The maximum absolute atomic E-state index is 11.4. The number of amides is 1. The van der Waals surface area contributed by atoms with E-state index in [1.807, 2.05) is 19.1 Å². The first-order chi connectivity index (χ1) is 6.24. The molecule has 72 valence electrons. The molecule has 0 aliphatic carbocycles. The van der Waals surface area contributed by atoms with Crippen LogP contribution in [0.15, 0.2) is 24.3 Å².